The average molecular weight is 385 g/mol. The van der Waals surface area contributed by atoms with Crippen LogP contribution in [0.3, 0.4) is 0 Å². The summed E-state index contributed by atoms with van der Waals surface area (Å²) in [5.41, 5.74) is 4.20. The van der Waals surface area contributed by atoms with Crippen LogP contribution < -0.4 is 9.88 Å². The van der Waals surface area contributed by atoms with E-state index in [1.54, 1.807) is 7.11 Å². The van der Waals surface area contributed by atoms with Gasteiger partial charge in [0.25, 0.3) is 0 Å². The molecule has 0 unspecified atom stereocenters. The Morgan fingerprint density at radius 1 is 1.19 bits per heavy atom. The van der Waals surface area contributed by atoms with Crippen molar-refractivity contribution in [2.75, 3.05) is 7.11 Å². The second kappa shape index (κ2) is 7.02. The van der Waals surface area contributed by atoms with E-state index in [2.05, 4.69) is 0 Å². The number of hydrogen-bond donors (Lipinski definition) is 2. The van der Waals surface area contributed by atoms with Gasteiger partial charge in [0.05, 0.1) is 17.6 Å². The van der Waals surface area contributed by atoms with Crippen LogP contribution in [0.25, 0.3) is 11.6 Å². The minimum Gasteiger partial charge on any atom is -0.497 e. The summed E-state index contributed by atoms with van der Waals surface area (Å²) in [6.45, 7) is 1.91. The normalized spacial score (nSPS) is 14.3. The van der Waals surface area contributed by atoms with Crippen molar-refractivity contribution in [3.8, 4) is 5.75 Å². The molecular weight excluding hydrogens is 366 g/mol. The van der Waals surface area contributed by atoms with E-state index in [0.717, 1.165) is 16.7 Å². The van der Waals surface area contributed by atoms with E-state index < -0.39 is 16.0 Å². The first-order valence-electron chi connectivity index (χ1n) is 8.16. The van der Waals surface area contributed by atoms with Crippen molar-refractivity contribution >= 4 is 27.6 Å². The fourth-order valence-corrected chi connectivity index (χ4v) is 3.73. The summed E-state index contributed by atoms with van der Waals surface area (Å²) in [5.74, 6) is -0.404. The fraction of sp³-hybridized carbons (Fsp3) is 0.150. The molecule has 1 aliphatic carbocycles. The number of allylic oxidation sites excluding steroid dienone is 1. The van der Waals surface area contributed by atoms with Crippen molar-refractivity contribution in [2.24, 2.45) is 5.14 Å². The molecule has 7 heteroatoms. The summed E-state index contributed by atoms with van der Waals surface area (Å²) >= 11 is 0. The average Bonchev–Trinajstić information content (AvgIpc) is 2.93. The number of carboxylic acid groups (broad SMARTS) is 1. The van der Waals surface area contributed by atoms with E-state index in [1.807, 2.05) is 25.1 Å². The standard InChI is InChI=1S/C20H19NO5S/c1-12-9-14-5-6-15(26-2)11-17(14)19(12)18(20(22)23)10-13-3-7-16(8-4-13)27(21,24)25/h3-8,10-11H,9H2,1-2H3,(H,22,23)(H2,21,24,25). The van der Waals surface area contributed by atoms with Gasteiger partial charge in [-0.25, -0.2) is 18.4 Å². The molecule has 0 amide bonds. The molecule has 1 aliphatic rings. The SMILES string of the molecule is COc1ccc2c(c1)C(C(=Cc1ccc(S(N)(=O)=O)cc1)C(=O)O)=C(C)C2. The number of rotatable bonds is 5. The lowest BCUT2D eigenvalue weighted by Gasteiger charge is -2.10. The van der Waals surface area contributed by atoms with Gasteiger partial charge in [0.1, 0.15) is 5.75 Å². The van der Waals surface area contributed by atoms with Crippen LogP contribution >= 0.6 is 0 Å². The lowest BCUT2D eigenvalue weighted by Crippen LogP contribution is -2.11. The van der Waals surface area contributed by atoms with Crippen LogP contribution in [0.15, 0.2) is 58.5 Å². The molecule has 2 aromatic carbocycles. The third-order valence-electron chi connectivity index (χ3n) is 4.49. The zero-order chi connectivity index (χ0) is 19.8. The van der Waals surface area contributed by atoms with Crippen molar-refractivity contribution in [3.05, 3.63) is 70.3 Å². The van der Waals surface area contributed by atoms with Gasteiger partial charge < -0.3 is 9.84 Å². The van der Waals surface area contributed by atoms with Gasteiger partial charge in [-0.1, -0.05) is 23.8 Å². The van der Waals surface area contributed by atoms with Crippen LogP contribution in [0, 0.1) is 0 Å². The maximum atomic E-state index is 12.0. The summed E-state index contributed by atoms with van der Waals surface area (Å²) in [5, 5.41) is 14.9. The van der Waals surface area contributed by atoms with Gasteiger partial charge in [-0.3, -0.25) is 0 Å². The molecule has 27 heavy (non-hydrogen) atoms. The monoisotopic (exact) mass is 385 g/mol. The molecule has 0 atom stereocenters. The highest BCUT2D eigenvalue weighted by atomic mass is 32.2. The Kier molecular flexibility index (Phi) is 4.91. The second-order valence-corrected chi connectivity index (χ2v) is 7.89. The Labute approximate surface area is 157 Å². The summed E-state index contributed by atoms with van der Waals surface area (Å²) in [4.78, 5) is 12.0. The van der Waals surface area contributed by atoms with Gasteiger partial charge >= 0.3 is 5.97 Å². The van der Waals surface area contributed by atoms with Crippen LogP contribution in [0.4, 0.5) is 0 Å². The quantitative estimate of drug-likeness (QED) is 0.770. The van der Waals surface area contributed by atoms with E-state index in [1.165, 1.54) is 30.3 Å². The predicted molar refractivity (Wildman–Crippen MR) is 103 cm³/mol. The molecule has 6 nitrogen and oxygen atoms in total. The lowest BCUT2D eigenvalue weighted by atomic mass is 9.95. The number of hydrogen-bond acceptors (Lipinski definition) is 4. The summed E-state index contributed by atoms with van der Waals surface area (Å²) in [6, 6.07) is 11.4. The number of primary sulfonamides is 1. The molecule has 0 spiro atoms. The molecule has 0 bridgehead atoms. The van der Waals surface area contributed by atoms with Crippen molar-refractivity contribution in [1.82, 2.24) is 0 Å². The highest BCUT2D eigenvalue weighted by Gasteiger charge is 2.26. The third kappa shape index (κ3) is 3.79. The number of nitrogens with two attached hydrogens (primary N) is 1. The largest absolute Gasteiger partial charge is 0.497 e. The highest BCUT2D eigenvalue weighted by molar-refractivity contribution is 7.89. The fourth-order valence-electron chi connectivity index (χ4n) is 3.21. The highest BCUT2D eigenvalue weighted by Crippen LogP contribution is 2.40. The third-order valence-corrected chi connectivity index (χ3v) is 5.42. The van der Waals surface area contributed by atoms with Gasteiger partial charge in [-0.05, 0) is 65.9 Å². The number of methoxy groups -OCH3 is 1. The van der Waals surface area contributed by atoms with Gasteiger partial charge in [-0.15, -0.1) is 0 Å². The number of ether oxygens (including phenoxy) is 1. The molecule has 0 radical (unpaired) electrons. The van der Waals surface area contributed by atoms with Gasteiger partial charge in [0.2, 0.25) is 10.0 Å². The van der Waals surface area contributed by atoms with E-state index in [-0.39, 0.29) is 10.5 Å². The number of sulfonamides is 1. The first kappa shape index (κ1) is 18.9. The molecule has 140 valence electrons. The Morgan fingerprint density at radius 3 is 2.41 bits per heavy atom. The Balaban J connectivity index is 2.09. The van der Waals surface area contributed by atoms with Crippen molar-refractivity contribution < 1.29 is 23.1 Å². The van der Waals surface area contributed by atoms with Gasteiger partial charge in [0.15, 0.2) is 0 Å². The molecule has 0 aromatic heterocycles. The molecule has 0 saturated carbocycles. The zero-order valence-electron chi connectivity index (χ0n) is 14.9. The zero-order valence-corrected chi connectivity index (χ0v) is 15.7. The van der Waals surface area contributed by atoms with Crippen molar-refractivity contribution in [1.29, 1.82) is 0 Å². The maximum absolute atomic E-state index is 12.0. The van der Waals surface area contributed by atoms with E-state index >= 15 is 0 Å². The predicted octanol–water partition coefficient (Wildman–Crippen LogP) is 2.84. The molecule has 0 fully saturated rings. The van der Waals surface area contributed by atoms with Gasteiger partial charge in [-0.2, -0.15) is 0 Å². The smallest absolute Gasteiger partial charge is 0.336 e. The van der Waals surface area contributed by atoms with Crippen molar-refractivity contribution in [2.45, 2.75) is 18.2 Å². The van der Waals surface area contributed by atoms with Crippen LogP contribution in [0.5, 0.6) is 5.75 Å². The number of benzene rings is 2. The van der Waals surface area contributed by atoms with Crippen molar-refractivity contribution in [3.63, 3.8) is 0 Å². The second-order valence-electron chi connectivity index (χ2n) is 6.33. The number of carboxylic acids is 1. The van der Waals surface area contributed by atoms with Crippen LogP contribution in [0.2, 0.25) is 0 Å². The Hall–Kier alpha value is -2.90. The number of fused-ring (bicyclic) bond motifs is 1. The maximum Gasteiger partial charge on any atom is 0.336 e. The minimum absolute atomic E-state index is 0.0251. The van der Waals surface area contributed by atoms with E-state index in [0.29, 0.717) is 23.3 Å². The van der Waals surface area contributed by atoms with Crippen LogP contribution in [-0.2, 0) is 21.2 Å². The summed E-state index contributed by atoms with van der Waals surface area (Å²) in [7, 11) is -2.23. The number of aliphatic carboxylic acids is 1. The molecular formula is C20H19NO5S. The first-order chi connectivity index (χ1) is 12.7. The summed E-state index contributed by atoms with van der Waals surface area (Å²) < 4.78 is 28.0. The molecule has 2 aromatic rings. The number of carbonyl (C=O) groups is 1. The molecule has 3 N–H and O–H groups in total. The van der Waals surface area contributed by atoms with Crippen LogP contribution in [-0.4, -0.2) is 26.6 Å². The van der Waals surface area contributed by atoms with Crippen LogP contribution in [0.1, 0.15) is 23.6 Å². The van der Waals surface area contributed by atoms with Gasteiger partial charge in [0, 0.05) is 0 Å². The summed E-state index contributed by atoms with van der Waals surface area (Å²) in [6.07, 6.45) is 2.20. The Morgan fingerprint density at radius 2 is 1.85 bits per heavy atom. The Bertz CT molecular complexity index is 1080. The minimum atomic E-state index is -3.80. The molecule has 0 saturated heterocycles. The lowest BCUT2D eigenvalue weighted by molar-refractivity contribution is -0.132. The molecule has 0 aliphatic heterocycles. The van der Waals surface area contributed by atoms with E-state index in [9.17, 15) is 18.3 Å². The molecule has 0 heterocycles. The van der Waals surface area contributed by atoms with E-state index in [4.69, 9.17) is 9.88 Å². The first-order valence-corrected chi connectivity index (χ1v) is 9.70. The topological polar surface area (TPSA) is 107 Å². The molecule has 3 rings (SSSR count).